The van der Waals surface area contributed by atoms with E-state index in [4.69, 9.17) is 11.6 Å². The lowest BCUT2D eigenvalue weighted by molar-refractivity contribution is -0.117. The van der Waals surface area contributed by atoms with Gasteiger partial charge >= 0.3 is 0 Å². The van der Waals surface area contributed by atoms with Gasteiger partial charge in [0.15, 0.2) is 0 Å². The molecule has 3 rings (SSSR count). The Morgan fingerprint density at radius 3 is 3.00 bits per heavy atom. The first-order chi connectivity index (χ1) is 9.63. The first-order valence-corrected chi connectivity index (χ1v) is 6.59. The summed E-state index contributed by atoms with van der Waals surface area (Å²) in [4.78, 5) is 28.2. The van der Waals surface area contributed by atoms with Crippen molar-refractivity contribution in [2.45, 2.75) is 19.3 Å². The molecule has 1 aliphatic rings. The second-order valence-electron chi connectivity index (χ2n) is 4.69. The van der Waals surface area contributed by atoms with E-state index in [1.807, 2.05) is 13.0 Å². The van der Waals surface area contributed by atoms with Gasteiger partial charge in [-0.15, -0.1) is 0 Å². The van der Waals surface area contributed by atoms with E-state index in [0.29, 0.717) is 11.0 Å². The first kappa shape index (κ1) is 12.9. The molecule has 1 aliphatic carbocycles. The monoisotopic (exact) mass is 289 g/mol. The largest absolute Gasteiger partial charge is 0.310 e. The van der Waals surface area contributed by atoms with Crippen LogP contribution in [0.25, 0.3) is 0 Å². The molecule has 0 bridgehead atoms. The van der Waals surface area contributed by atoms with Crippen molar-refractivity contribution in [1.29, 1.82) is 0 Å². The molecular weight excluding hydrogens is 278 g/mol. The average Bonchev–Trinajstić information content (AvgIpc) is 3.19. The van der Waals surface area contributed by atoms with Gasteiger partial charge in [0.2, 0.25) is 5.91 Å². The van der Waals surface area contributed by atoms with Crippen molar-refractivity contribution in [2.75, 3.05) is 5.32 Å². The summed E-state index contributed by atoms with van der Waals surface area (Å²) in [6.45, 7) is 1.84. The molecule has 2 aromatic rings. The van der Waals surface area contributed by atoms with Crippen molar-refractivity contribution in [3.8, 4) is 0 Å². The Morgan fingerprint density at radius 2 is 2.25 bits per heavy atom. The summed E-state index contributed by atoms with van der Waals surface area (Å²) < 4.78 is 0. The third-order valence-corrected chi connectivity index (χ3v) is 3.40. The number of carbonyl (C=O) groups is 1. The maximum absolute atomic E-state index is 12.1. The fraction of sp³-hybridized carbons (Fsp3) is 0.308. The molecule has 1 saturated carbocycles. The predicted octanol–water partition coefficient (Wildman–Crippen LogP) is 1.97. The fourth-order valence-corrected chi connectivity index (χ4v) is 2.26. The summed E-state index contributed by atoms with van der Waals surface area (Å²) in [5.74, 6) is 1.16. The van der Waals surface area contributed by atoms with Gasteiger partial charge in [0.25, 0.3) is 0 Å². The molecule has 1 N–H and O–H groups in total. The lowest BCUT2D eigenvalue weighted by atomic mass is 10.2. The smallest absolute Gasteiger partial charge is 0.229 e. The molecule has 20 heavy (non-hydrogen) atoms. The predicted molar refractivity (Wildman–Crippen MR) is 73.3 cm³/mol. The van der Waals surface area contributed by atoms with E-state index >= 15 is 0 Å². The Labute approximate surface area is 120 Å². The van der Waals surface area contributed by atoms with Gasteiger partial charge < -0.3 is 5.32 Å². The van der Waals surface area contributed by atoms with Gasteiger partial charge in [-0.3, -0.25) is 4.79 Å². The van der Waals surface area contributed by atoms with Gasteiger partial charge in [-0.1, -0.05) is 11.6 Å². The highest BCUT2D eigenvalue weighted by Crippen LogP contribution is 2.47. The third-order valence-electron chi connectivity index (χ3n) is 3.19. The number of aryl methyl sites for hydroxylation is 1. The minimum atomic E-state index is -0.0713. The Balaban J connectivity index is 1.66. The van der Waals surface area contributed by atoms with Crippen LogP contribution in [0.15, 0.2) is 24.7 Å². The maximum Gasteiger partial charge on any atom is 0.229 e. The van der Waals surface area contributed by atoms with Crippen LogP contribution in [0.3, 0.4) is 0 Å². The summed E-state index contributed by atoms with van der Waals surface area (Å²) in [5.41, 5.74) is 0.915. The van der Waals surface area contributed by atoms with Crippen molar-refractivity contribution >= 4 is 23.3 Å². The highest BCUT2D eigenvalue weighted by molar-refractivity contribution is 6.29. The summed E-state index contributed by atoms with van der Waals surface area (Å²) in [5, 5.41) is 3.04. The number of hydrogen-bond donors (Lipinski definition) is 1. The molecule has 0 aliphatic heterocycles. The van der Waals surface area contributed by atoms with Crippen LogP contribution < -0.4 is 5.32 Å². The summed E-state index contributed by atoms with van der Waals surface area (Å²) in [6, 6.07) is 3.37. The maximum atomic E-state index is 12.1. The van der Waals surface area contributed by atoms with Crippen LogP contribution in [-0.4, -0.2) is 25.8 Å². The van der Waals surface area contributed by atoms with E-state index in [-0.39, 0.29) is 17.7 Å². The van der Waals surface area contributed by atoms with E-state index in [2.05, 4.69) is 25.3 Å². The molecule has 2 heterocycles. The van der Waals surface area contributed by atoms with E-state index in [1.165, 1.54) is 12.4 Å². The van der Waals surface area contributed by atoms with Gasteiger partial charge in [-0.25, -0.2) is 19.9 Å². The number of nitrogens with one attached hydrogen (secondary N) is 1. The van der Waals surface area contributed by atoms with Crippen LogP contribution >= 0.6 is 11.6 Å². The Hall–Kier alpha value is -2.08. The van der Waals surface area contributed by atoms with Crippen LogP contribution in [-0.2, 0) is 4.79 Å². The van der Waals surface area contributed by atoms with Crippen molar-refractivity contribution in [3.63, 3.8) is 0 Å². The topological polar surface area (TPSA) is 80.7 Å². The molecule has 1 amide bonds. The molecule has 2 atom stereocenters. The Bertz CT molecular complexity index is 663. The molecule has 0 unspecified atom stereocenters. The van der Waals surface area contributed by atoms with E-state index in [9.17, 15) is 4.79 Å². The first-order valence-electron chi connectivity index (χ1n) is 6.21. The molecule has 6 nitrogen and oxygen atoms in total. The number of carbonyl (C=O) groups excluding carboxylic acids is 1. The van der Waals surface area contributed by atoms with Crippen molar-refractivity contribution in [3.05, 3.63) is 41.3 Å². The van der Waals surface area contributed by atoms with Crippen LogP contribution in [0.2, 0.25) is 5.15 Å². The number of halogens is 1. The standard InChI is InChI=1S/C13H12ClN5O/c1-7-15-3-2-10(18-7)8-4-9(8)13(20)19-12-5-11(14)16-6-17-12/h2-3,5-6,8-9H,4H2,1H3,(H,16,17,19,20)/t8-,9-/m0/s1. The second-order valence-corrected chi connectivity index (χ2v) is 5.08. The van der Waals surface area contributed by atoms with E-state index in [0.717, 1.165) is 17.9 Å². The van der Waals surface area contributed by atoms with Crippen molar-refractivity contribution in [1.82, 2.24) is 19.9 Å². The minimum Gasteiger partial charge on any atom is -0.310 e. The summed E-state index contributed by atoms with van der Waals surface area (Å²) >= 11 is 5.75. The van der Waals surface area contributed by atoms with Crippen LogP contribution in [0.5, 0.6) is 0 Å². The normalized spacial score (nSPS) is 20.5. The molecule has 0 radical (unpaired) electrons. The van der Waals surface area contributed by atoms with Gasteiger partial charge in [0.05, 0.1) is 0 Å². The molecule has 0 spiro atoms. The zero-order chi connectivity index (χ0) is 14.1. The molecular formula is C13H12ClN5O. The summed E-state index contributed by atoms with van der Waals surface area (Å²) in [7, 11) is 0. The van der Waals surface area contributed by atoms with Crippen LogP contribution in [0.1, 0.15) is 23.9 Å². The lowest BCUT2D eigenvalue weighted by Crippen LogP contribution is -2.15. The van der Waals surface area contributed by atoms with Gasteiger partial charge in [-0.05, 0) is 19.4 Å². The number of anilines is 1. The zero-order valence-electron chi connectivity index (χ0n) is 10.7. The highest BCUT2D eigenvalue weighted by Gasteiger charge is 2.45. The van der Waals surface area contributed by atoms with Gasteiger partial charge in [0, 0.05) is 29.8 Å². The SMILES string of the molecule is Cc1nccc([C@H]2C[C@@H]2C(=O)Nc2cc(Cl)ncn2)n1. The molecule has 102 valence electrons. The number of amides is 1. The second kappa shape index (κ2) is 5.13. The Morgan fingerprint density at radius 1 is 1.40 bits per heavy atom. The van der Waals surface area contributed by atoms with E-state index < -0.39 is 0 Å². The number of aromatic nitrogens is 4. The zero-order valence-corrected chi connectivity index (χ0v) is 11.5. The quantitative estimate of drug-likeness (QED) is 0.874. The molecule has 2 aromatic heterocycles. The molecule has 0 saturated heterocycles. The average molecular weight is 290 g/mol. The molecule has 0 aromatic carbocycles. The Kier molecular flexibility index (Phi) is 3.31. The fourth-order valence-electron chi connectivity index (χ4n) is 2.11. The van der Waals surface area contributed by atoms with Crippen molar-refractivity contribution in [2.24, 2.45) is 5.92 Å². The molecule has 7 heteroatoms. The number of rotatable bonds is 3. The third kappa shape index (κ3) is 2.75. The highest BCUT2D eigenvalue weighted by atomic mass is 35.5. The number of hydrogen-bond acceptors (Lipinski definition) is 5. The molecule has 1 fully saturated rings. The summed E-state index contributed by atoms with van der Waals surface area (Å²) in [6.07, 6.45) is 3.83. The van der Waals surface area contributed by atoms with Gasteiger partial charge in [-0.2, -0.15) is 0 Å². The number of nitrogens with zero attached hydrogens (tertiary/aromatic N) is 4. The van der Waals surface area contributed by atoms with Crippen molar-refractivity contribution < 1.29 is 4.79 Å². The van der Waals surface area contributed by atoms with Crippen LogP contribution in [0, 0.1) is 12.8 Å². The van der Waals surface area contributed by atoms with E-state index in [1.54, 1.807) is 6.20 Å². The minimum absolute atomic E-state index is 0.0685. The lowest BCUT2D eigenvalue weighted by Gasteiger charge is -2.04. The van der Waals surface area contributed by atoms with Crippen LogP contribution in [0.4, 0.5) is 5.82 Å². The van der Waals surface area contributed by atoms with Gasteiger partial charge in [0.1, 0.15) is 23.1 Å².